The largest absolute Gasteiger partial charge is 0.480 e. The lowest BCUT2D eigenvalue weighted by Gasteiger charge is -2.12. The van der Waals surface area contributed by atoms with Crippen molar-refractivity contribution in [2.24, 2.45) is 12.8 Å². The van der Waals surface area contributed by atoms with Gasteiger partial charge >= 0.3 is 5.97 Å². The molecule has 0 saturated heterocycles. The number of aliphatic carboxylic acids is 1. The molecule has 92 valence electrons. The Kier molecular flexibility index (Phi) is 3.86. The van der Waals surface area contributed by atoms with Gasteiger partial charge < -0.3 is 20.7 Å². The van der Waals surface area contributed by atoms with Crippen LogP contribution in [-0.2, 0) is 16.6 Å². The van der Waals surface area contributed by atoms with Crippen LogP contribution in [0.25, 0.3) is 0 Å². The van der Waals surface area contributed by atoms with Crippen molar-refractivity contribution in [3.8, 4) is 0 Å². The number of carboxylic acid groups (broad SMARTS) is 1. The first kappa shape index (κ1) is 12.8. The number of carbonyl (C=O) groups is 3. The molecule has 0 aliphatic rings. The van der Waals surface area contributed by atoms with Crippen LogP contribution in [0.4, 0.5) is 0 Å². The molecule has 0 radical (unpaired) electrons. The molecule has 1 rings (SSSR count). The number of rotatable bonds is 5. The molecule has 0 unspecified atom stereocenters. The van der Waals surface area contributed by atoms with E-state index in [1.54, 1.807) is 29.9 Å². The normalized spacial score (nSPS) is 11.8. The van der Waals surface area contributed by atoms with Crippen molar-refractivity contribution in [3.05, 3.63) is 24.0 Å². The van der Waals surface area contributed by atoms with Crippen LogP contribution in [-0.4, -0.2) is 33.5 Å². The zero-order valence-electron chi connectivity index (χ0n) is 9.21. The van der Waals surface area contributed by atoms with E-state index < -0.39 is 30.2 Å². The molecule has 2 amide bonds. The number of primary amides is 1. The first-order chi connectivity index (χ1) is 7.91. The fraction of sp³-hybridized carbons (Fsp3) is 0.300. The number of nitrogens with two attached hydrogens (primary N) is 1. The van der Waals surface area contributed by atoms with Gasteiger partial charge in [-0.15, -0.1) is 0 Å². The van der Waals surface area contributed by atoms with Crippen LogP contribution in [0.2, 0.25) is 0 Å². The predicted octanol–water partition coefficient (Wildman–Crippen LogP) is -0.916. The topological polar surface area (TPSA) is 114 Å². The first-order valence-electron chi connectivity index (χ1n) is 4.85. The number of hydrogen-bond donors (Lipinski definition) is 3. The van der Waals surface area contributed by atoms with Gasteiger partial charge in [0.15, 0.2) is 0 Å². The van der Waals surface area contributed by atoms with Crippen LogP contribution >= 0.6 is 0 Å². The highest BCUT2D eigenvalue weighted by Crippen LogP contribution is 2.01. The lowest BCUT2D eigenvalue weighted by atomic mass is 10.2. The second-order valence-corrected chi connectivity index (χ2v) is 3.54. The van der Waals surface area contributed by atoms with Gasteiger partial charge in [0, 0.05) is 13.2 Å². The molecule has 0 spiro atoms. The molecule has 1 atom stereocenters. The van der Waals surface area contributed by atoms with Crippen LogP contribution < -0.4 is 11.1 Å². The summed E-state index contributed by atoms with van der Waals surface area (Å²) in [6.45, 7) is 0. The van der Waals surface area contributed by atoms with Gasteiger partial charge in [0.2, 0.25) is 5.91 Å². The second-order valence-electron chi connectivity index (χ2n) is 3.54. The first-order valence-corrected chi connectivity index (χ1v) is 4.85. The van der Waals surface area contributed by atoms with Gasteiger partial charge in [0.05, 0.1) is 6.42 Å². The molecular weight excluding hydrogens is 226 g/mol. The van der Waals surface area contributed by atoms with Crippen LogP contribution in [0.15, 0.2) is 18.3 Å². The fourth-order valence-corrected chi connectivity index (χ4v) is 1.33. The highest BCUT2D eigenvalue weighted by atomic mass is 16.4. The number of amides is 2. The van der Waals surface area contributed by atoms with Gasteiger partial charge in [-0.3, -0.25) is 9.59 Å². The lowest BCUT2D eigenvalue weighted by molar-refractivity contribution is -0.140. The van der Waals surface area contributed by atoms with Gasteiger partial charge in [-0.25, -0.2) is 4.79 Å². The molecule has 1 heterocycles. The summed E-state index contributed by atoms with van der Waals surface area (Å²) in [4.78, 5) is 33.1. The van der Waals surface area contributed by atoms with E-state index >= 15 is 0 Å². The molecule has 7 heteroatoms. The quantitative estimate of drug-likeness (QED) is 0.616. The number of aryl methyl sites for hydroxylation is 1. The summed E-state index contributed by atoms with van der Waals surface area (Å²) in [6.07, 6.45) is 1.21. The predicted molar refractivity (Wildman–Crippen MR) is 58.1 cm³/mol. The van der Waals surface area contributed by atoms with Crippen LogP contribution in [0, 0.1) is 0 Å². The second kappa shape index (κ2) is 5.15. The Bertz CT molecular complexity index is 452. The maximum absolute atomic E-state index is 11.7. The molecule has 0 fully saturated rings. The maximum Gasteiger partial charge on any atom is 0.326 e. The van der Waals surface area contributed by atoms with Crippen LogP contribution in [0.5, 0.6) is 0 Å². The van der Waals surface area contributed by atoms with Crippen molar-refractivity contribution < 1.29 is 19.5 Å². The Hall–Kier alpha value is -2.31. The van der Waals surface area contributed by atoms with E-state index in [4.69, 9.17) is 10.8 Å². The standard InChI is InChI=1S/C10H13N3O4/c1-13-4-2-3-7(13)9(15)12-6(10(16)17)5-8(11)14/h2-4,6H,5H2,1H3,(H2,11,14)(H,12,15)(H,16,17)/t6-/m0/s1. The molecular formula is C10H13N3O4. The highest BCUT2D eigenvalue weighted by Gasteiger charge is 2.23. The van der Waals surface area contributed by atoms with E-state index in [2.05, 4.69) is 5.32 Å². The van der Waals surface area contributed by atoms with Crippen molar-refractivity contribution in [3.63, 3.8) is 0 Å². The maximum atomic E-state index is 11.7. The number of nitrogens with one attached hydrogen (secondary N) is 1. The fourth-order valence-electron chi connectivity index (χ4n) is 1.33. The molecule has 4 N–H and O–H groups in total. The van der Waals surface area contributed by atoms with Crippen LogP contribution in [0.1, 0.15) is 16.9 Å². The Labute approximate surface area is 97.2 Å². The number of aromatic nitrogens is 1. The molecule has 0 bridgehead atoms. The molecule has 17 heavy (non-hydrogen) atoms. The van der Waals surface area contributed by atoms with Crippen molar-refractivity contribution in [2.45, 2.75) is 12.5 Å². The van der Waals surface area contributed by atoms with Crippen LogP contribution in [0.3, 0.4) is 0 Å². The van der Waals surface area contributed by atoms with Gasteiger partial charge in [-0.2, -0.15) is 0 Å². The van der Waals surface area contributed by atoms with Gasteiger partial charge in [0.25, 0.3) is 5.91 Å². The van der Waals surface area contributed by atoms with Gasteiger partial charge in [-0.05, 0) is 12.1 Å². The molecule has 0 saturated carbocycles. The third-order valence-corrected chi connectivity index (χ3v) is 2.19. The summed E-state index contributed by atoms with van der Waals surface area (Å²) in [5, 5.41) is 11.0. The summed E-state index contributed by atoms with van der Waals surface area (Å²) in [7, 11) is 1.65. The zero-order chi connectivity index (χ0) is 13.0. The summed E-state index contributed by atoms with van der Waals surface area (Å²) in [5.74, 6) is -2.65. The molecule has 0 aromatic carbocycles. The van der Waals surface area contributed by atoms with Crippen molar-refractivity contribution >= 4 is 17.8 Å². The minimum Gasteiger partial charge on any atom is -0.480 e. The Morgan fingerprint density at radius 3 is 2.59 bits per heavy atom. The lowest BCUT2D eigenvalue weighted by Crippen LogP contribution is -2.43. The highest BCUT2D eigenvalue weighted by molar-refractivity contribution is 5.96. The average Bonchev–Trinajstić information content (AvgIpc) is 2.62. The Morgan fingerprint density at radius 1 is 1.53 bits per heavy atom. The SMILES string of the molecule is Cn1cccc1C(=O)N[C@@H](CC(N)=O)C(=O)O. The van der Waals surface area contributed by atoms with E-state index in [1.165, 1.54) is 0 Å². The third-order valence-electron chi connectivity index (χ3n) is 2.19. The smallest absolute Gasteiger partial charge is 0.326 e. The number of carboxylic acids is 1. The molecule has 1 aromatic heterocycles. The van der Waals surface area contributed by atoms with Crippen molar-refractivity contribution in [1.29, 1.82) is 0 Å². The molecule has 0 aliphatic heterocycles. The summed E-state index contributed by atoms with van der Waals surface area (Å²) in [5.41, 5.74) is 5.20. The van der Waals surface area contributed by atoms with E-state index in [9.17, 15) is 14.4 Å². The van der Waals surface area contributed by atoms with Crippen molar-refractivity contribution in [1.82, 2.24) is 9.88 Å². The zero-order valence-corrected chi connectivity index (χ0v) is 9.21. The molecule has 0 aliphatic carbocycles. The monoisotopic (exact) mass is 239 g/mol. The van der Waals surface area contributed by atoms with E-state index in [0.29, 0.717) is 5.69 Å². The number of hydrogen-bond acceptors (Lipinski definition) is 3. The van der Waals surface area contributed by atoms with E-state index in [1.807, 2.05) is 0 Å². The van der Waals surface area contributed by atoms with Crippen molar-refractivity contribution in [2.75, 3.05) is 0 Å². The average molecular weight is 239 g/mol. The van der Waals surface area contributed by atoms with Gasteiger partial charge in [0.1, 0.15) is 11.7 Å². The Morgan fingerprint density at radius 2 is 2.18 bits per heavy atom. The Balaban J connectivity index is 2.74. The van der Waals surface area contributed by atoms with E-state index in [0.717, 1.165) is 0 Å². The summed E-state index contributed by atoms with van der Waals surface area (Å²) in [6, 6.07) is 1.88. The summed E-state index contributed by atoms with van der Waals surface area (Å²) >= 11 is 0. The number of nitrogens with zero attached hydrogens (tertiary/aromatic N) is 1. The molecule has 7 nitrogen and oxygen atoms in total. The minimum absolute atomic E-state index is 0.306. The van der Waals surface area contributed by atoms with E-state index in [-0.39, 0.29) is 0 Å². The molecule has 1 aromatic rings. The minimum atomic E-state index is -1.31. The summed E-state index contributed by atoms with van der Waals surface area (Å²) < 4.78 is 1.54. The van der Waals surface area contributed by atoms with Gasteiger partial charge in [-0.1, -0.05) is 0 Å². The number of carbonyl (C=O) groups excluding carboxylic acids is 2. The third kappa shape index (κ3) is 3.33.